The number of primary amides is 1. The number of likely N-dealkylation sites (N-methyl/N-ethyl adjacent to an activating group) is 1. The minimum absolute atomic E-state index is 0.0236. The molecule has 3 heterocycles. The molecule has 0 spiro atoms. The van der Waals surface area contributed by atoms with Gasteiger partial charge in [0.1, 0.15) is 0 Å². The van der Waals surface area contributed by atoms with Crippen LogP contribution in [0.5, 0.6) is 0 Å². The van der Waals surface area contributed by atoms with E-state index in [4.69, 9.17) is 5.73 Å². The number of likely N-dealkylation sites (tertiary alicyclic amines) is 1. The van der Waals surface area contributed by atoms with Crippen molar-refractivity contribution in [3.63, 3.8) is 0 Å². The van der Waals surface area contributed by atoms with E-state index in [0.717, 1.165) is 69.3 Å². The van der Waals surface area contributed by atoms with Gasteiger partial charge in [-0.2, -0.15) is 0 Å². The van der Waals surface area contributed by atoms with Crippen LogP contribution >= 0.6 is 0 Å². The molecular formula is C29H39N5O2. The Morgan fingerprint density at radius 1 is 1.08 bits per heavy atom. The molecule has 2 aromatic rings. The first kappa shape index (κ1) is 24.8. The number of fused-ring (bicyclic) bond motifs is 1. The van der Waals surface area contributed by atoms with Crippen LogP contribution in [0.4, 0.5) is 11.4 Å². The number of nitrogens with zero attached hydrogens (tertiary/aromatic N) is 3. The van der Waals surface area contributed by atoms with Gasteiger partial charge in [-0.15, -0.1) is 0 Å². The number of hydrogen-bond acceptors (Lipinski definition) is 5. The summed E-state index contributed by atoms with van der Waals surface area (Å²) in [5.41, 5.74) is 10.5. The summed E-state index contributed by atoms with van der Waals surface area (Å²) in [5.74, 6) is -0.0691. The van der Waals surface area contributed by atoms with Crippen LogP contribution < -0.4 is 16.0 Å². The number of carbonyl (C=O) groups excluding carboxylic acids is 2. The molecule has 1 aromatic carbocycles. The van der Waals surface area contributed by atoms with Crippen LogP contribution in [0.2, 0.25) is 0 Å². The highest BCUT2D eigenvalue weighted by Gasteiger charge is 2.39. The van der Waals surface area contributed by atoms with Crippen LogP contribution in [0.1, 0.15) is 68.5 Å². The molecule has 7 heteroatoms. The molecule has 3 aliphatic rings. The summed E-state index contributed by atoms with van der Waals surface area (Å²) < 4.78 is 0. The number of aromatic nitrogens is 1. The Bertz CT molecular complexity index is 1080. The quantitative estimate of drug-likeness (QED) is 0.583. The van der Waals surface area contributed by atoms with Gasteiger partial charge in [0.15, 0.2) is 0 Å². The van der Waals surface area contributed by atoms with E-state index in [9.17, 15) is 9.59 Å². The van der Waals surface area contributed by atoms with Gasteiger partial charge >= 0.3 is 0 Å². The predicted octanol–water partition coefficient (Wildman–Crippen LogP) is 4.10. The first-order valence-corrected chi connectivity index (χ1v) is 13.6. The van der Waals surface area contributed by atoms with E-state index in [2.05, 4.69) is 50.4 Å². The Morgan fingerprint density at radius 3 is 2.67 bits per heavy atom. The maximum absolute atomic E-state index is 14.1. The Balaban J connectivity index is 1.39. The molecule has 5 rings (SSSR count). The van der Waals surface area contributed by atoms with Gasteiger partial charge in [-0.1, -0.05) is 37.5 Å². The van der Waals surface area contributed by atoms with Gasteiger partial charge in [-0.05, 0) is 74.8 Å². The maximum atomic E-state index is 14.1. The van der Waals surface area contributed by atoms with Crippen molar-refractivity contribution in [1.29, 1.82) is 0 Å². The lowest BCUT2D eigenvalue weighted by Crippen LogP contribution is -2.46. The van der Waals surface area contributed by atoms with Crippen molar-refractivity contribution < 1.29 is 9.59 Å². The molecule has 2 amide bonds. The molecule has 7 nitrogen and oxygen atoms in total. The lowest BCUT2D eigenvalue weighted by atomic mass is 9.76. The second-order valence-electron chi connectivity index (χ2n) is 10.7. The SMILES string of the molecule is CNC(CC(C(=O)N1CCCC1c1cncc(N2CCc3ccccc32)c1)C1CCCCC1)C(N)=O. The van der Waals surface area contributed by atoms with E-state index in [0.29, 0.717) is 12.3 Å². The van der Waals surface area contributed by atoms with Gasteiger partial charge in [0.2, 0.25) is 11.8 Å². The van der Waals surface area contributed by atoms with E-state index in [1.807, 2.05) is 12.4 Å². The number of carbonyl (C=O) groups is 2. The molecule has 1 aromatic heterocycles. The highest BCUT2D eigenvalue weighted by Crippen LogP contribution is 2.40. The largest absolute Gasteiger partial charge is 0.368 e. The zero-order valence-electron chi connectivity index (χ0n) is 21.4. The van der Waals surface area contributed by atoms with Gasteiger partial charge in [0, 0.05) is 30.9 Å². The van der Waals surface area contributed by atoms with Crippen molar-refractivity contribution in [3.8, 4) is 0 Å². The topological polar surface area (TPSA) is 91.6 Å². The van der Waals surface area contributed by atoms with Gasteiger partial charge in [0.05, 0.1) is 24.0 Å². The third-order valence-corrected chi connectivity index (χ3v) is 8.58. The molecule has 3 unspecified atom stereocenters. The van der Waals surface area contributed by atoms with Crippen molar-refractivity contribution in [1.82, 2.24) is 15.2 Å². The van der Waals surface area contributed by atoms with Crippen molar-refractivity contribution in [2.75, 3.05) is 25.0 Å². The van der Waals surface area contributed by atoms with Gasteiger partial charge in [-0.3, -0.25) is 14.6 Å². The van der Waals surface area contributed by atoms with Crippen LogP contribution in [-0.2, 0) is 16.0 Å². The number of benzene rings is 1. The molecule has 0 bridgehead atoms. The van der Waals surface area contributed by atoms with Crippen LogP contribution in [0.25, 0.3) is 0 Å². The van der Waals surface area contributed by atoms with Gasteiger partial charge < -0.3 is 20.9 Å². The number of pyridine rings is 1. The average Bonchev–Trinajstić information content (AvgIpc) is 3.57. The zero-order valence-corrected chi connectivity index (χ0v) is 21.4. The second-order valence-corrected chi connectivity index (χ2v) is 10.7. The molecule has 2 aliphatic heterocycles. The third kappa shape index (κ3) is 4.99. The molecular weight excluding hydrogens is 450 g/mol. The smallest absolute Gasteiger partial charge is 0.234 e. The number of hydrogen-bond donors (Lipinski definition) is 2. The summed E-state index contributed by atoms with van der Waals surface area (Å²) in [6.45, 7) is 1.70. The van der Waals surface area contributed by atoms with E-state index in [1.54, 1.807) is 7.05 Å². The molecule has 192 valence electrons. The van der Waals surface area contributed by atoms with Gasteiger partial charge in [0.25, 0.3) is 0 Å². The molecule has 3 atom stereocenters. The molecule has 1 aliphatic carbocycles. The molecule has 0 radical (unpaired) electrons. The van der Waals surface area contributed by atoms with E-state index in [1.165, 1.54) is 17.7 Å². The summed E-state index contributed by atoms with van der Waals surface area (Å²) in [4.78, 5) is 35.2. The van der Waals surface area contributed by atoms with Crippen molar-refractivity contribution in [2.24, 2.45) is 17.6 Å². The fourth-order valence-electron chi connectivity index (χ4n) is 6.63. The minimum atomic E-state index is -0.484. The number of nitrogens with two attached hydrogens (primary N) is 1. The average molecular weight is 490 g/mol. The summed E-state index contributed by atoms with van der Waals surface area (Å²) in [6.07, 6.45) is 12.9. The molecule has 36 heavy (non-hydrogen) atoms. The Kier molecular flexibility index (Phi) is 7.56. The number of nitrogens with one attached hydrogen (secondary N) is 1. The fraction of sp³-hybridized carbons (Fsp3) is 0.552. The highest BCUT2D eigenvalue weighted by atomic mass is 16.2. The van der Waals surface area contributed by atoms with E-state index >= 15 is 0 Å². The Labute approximate surface area is 214 Å². The minimum Gasteiger partial charge on any atom is -0.368 e. The molecule has 1 saturated heterocycles. The Morgan fingerprint density at radius 2 is 1.89 bits per heavy atom. The van der Waals surface area contributed by atoms with Crippen molar-refractivity contribution >= 4 is 23.2 Å². The lowest BCUT2D eigenvalue weighted by molar-refractivity contribution is -0.139. The monoisotopic (exact) mass is 489 g/mol. The summed E-state index contributed by atoms with van der Waals surface area (Å²) in [7, 11) is 1.75. The summed E-state index contributed by atoms with van der Waals surface area (Å²) in [5, 5.41) is 3.05. The van der Waals surface area contributed by atoms with Crippen LogP contribution in [-0.4, -0.2) is 47.9 Å². The second kappa shape index (κ2) is 11.0. The first-order chi connectivity index (χ1) is 17.6. The number of anilines is 2. The highest BCUT2D eigenvalue weighted by molar-refractivity contribution is 5.83. The lowest BCUT2D eigenvalue weighted by Gasteiger charge is -2.36. The molecule has 3 N–H and O–H groups in total. The summed E-state index contributed by atoms with van der Waals surface area (Å²) >= 11 is 0. The summed E-state index contributed by atoms with van der Waals surface area (Å²) in [6, 6.07) is 10.3. The van der Waals surface area contributed by atoms with Gasteiger partial charge in [-0.25, -0.2) is 0 Å². The fourth-order valence-corrected chi connectivity index (χ4v) is 6.63. The first-order valence-electron chi connectivity index (χ1n) is 13.6. The van der Waals surface area contributed by atoms with Crippen LogP contribution in [0.15, 0.2) is 42.7 Å². The molecule has 1 saturated carbocycles. The maximum Gasteiger partial charge on any atom is 0.234 e. The van der Waals surface area contributed by atoms with Crippen molar-refractivity contribution in [2.45, 2.75) is 69.9 Å². The van der Waals surface area contributed by atoms with Crippen LogP contribution in [0, 0.1) is 11.8 Å². The number of para-hydroxylation sites is 1. The van der Waals surface area contributed by atoms with Crippen LogP contribution in [0.3, 0.4) is 0 Å². The Hall–Kier alpha value is -2.93. The van der Waals surface area contributed by atoms with Crippen molar-refractivity contribution in [3.05, 3.63) is 53.9 Å². The standard InChI is InChI=1S/C29H39N5O2/c1-31-25(28(30)35)17-24(20-8-3-2-4-9-20)29(36)34-14-7-12-27(34)22-16-23(19-32-18-22)33-15-13-21-10-5-6-11-26(21)33/h5-6,10-11,16,18-20,24-25,27,31H,2-4,7-9,12-15,17H2,1H3,(H2,30,35). The third-order valence-electron chi connectivity index (χ3n) is 8.58. The van der Waals surface area contributed by atoms with E-state index in [-0.39, 0.29) is 23.8 Å². The zero-order chi connectivity index (χ0) is 25.1. The predicted molar refractivity (Wildman–Crippen MR) is 142 cm³/mol. The normalized spacial score (nSPS) is 21.9. The number of amides is 2. The van der Waals surface area contributed by atoms with E-state index < -0.39 is 6.04 Å². The number of rotatable bonds is 8. The molecule has 2 fully saturated rings.